The summed E-state index contributed by atoms with van der Waals surface area (Å²) >= 11 is 5.63. The van der Waals surface area contributed by atoms with Crippen LogP contribution in [-0.2, 0) is 0 Å². The highest BCUT2D eigenvalue weighted by atomic mass is 79.9. The smallest absolute Gasteiger partial charge is 0.161 e. The van der Waals surface area contributed by atoms with Crippen LogP contribution >= 0.6 is 27.3 Å². The van der Waals surface area contributed by atoms with Crippen LogP contribution < -0.4 is 14.8 Å². The molecule has 0 spiro atoms. The summed E-state index contributed by atoms with van der Waals surface area (Å²) in [5.41, 5.74) is 2.57. The molecule has 0 bridgehead atoms. The highest BCUT2D eigenvalue weighted by Gasteiger charge is 2.28. The van der Waals surface area contributed by atoms with Crippen molar-refractivity contribution in [1.82, 2.24) is 10.2 Å². The molecule has 148 valence electrons. The molecule has 28 heavy (non-hydrogen) atoms. The van der Waals surface area contributed by atoms with Gasteiger partial charge < -0.3 is 14.8 Å². The summed E-state index contributed by atoms with van der Waals surface area (Å²) in [6.07, 6.45) is 1.14. The quantitative estimate of drug-likeness (QED) is 0.576. The summed E-state index contributed by atoms with van der Waals surface area (Å²) in [6, 6.07) is 13.0. The SMILES string of the molecule is COc1cc(Br)c(C(c2csc3ccccc23)N2CCCNCC2)cc1OC. The monoisotopic (exact) mass is 460 g/mol. The number of hydrogen-bond acceptors (Lipinski definition) is 5. The zero-order chi connectivity index (χ0) is 19.5. The van der Waals surface area contributed by atoms with E-state index in [0.717, 1.165) is 48.6 Å². The first-order chi connectivity index (χ1) is 13.7. The maximum absolute atomic E-state index is 5.62. The molecule has 2 heterocycles. The lowest BCUT2D eigenvalue weighted by Gasteiger charge is -2.32. The number of nitrogens with zero attached hydrogens (tertiary/aromatic N) is 1. The van der Waals surface area contributed by atoms with Crippen LogP contribution in [0.15, 0.2) is 46.3 Å². The highest BCUT2D eigenvalue weighted by Crippen LogP contribution is 2.43. The second-order valence-corrected chi connectivity index (χ2v) is 8.72. The van der Waals surface area contributed by atoms with Crippen molar-refractivity contribution in [3.8, 4) is 11.5 Å². The summed E-state index contributed by atoms with van der Waals surface area (Å²) in [4.78, 5) is 2.58. The number of fused-ring (bicyclic) bond motifs is 1. The molecule has 2 aromatic carbocycles. The second-order valence-electron chi connectivity index (χ2n) is 6.96. The Kier molecular flexibility index (Phi) is 6.21. The Bertz CT molecular complexity index is 951. The van der Waals surface area contributed by atoms with E-state index >= 15 is 0 Å². The fourth-order valence-electron chi connectivity index (χ4n) is 3.98. The van der Waals surface area contributed by atoms with Gasteiger partial charge in [0.25, 0.3) is 0 Å². The maximum Gasteiger partial charge on any atom is 0.161 e. The van der Waals surface area contributed by atoms with Crippen molar-refractivity contribution in [1.29, 1.82) is 0 Å². The van der Waals surface area contributed by atoms with E-state index < -0.39 is 0 Å². The minimum atomic E-state index is 0.158. The summed E-state index contributed by atoms with van der Waals surface area (Å²) in [5, 5.41) is 7.17. The Labute approximate surface area is 178 Å². The lowest BCUT2D eigenvalue weighted by molar-refractivity contribution is 0.241. The molecule has 3 aromatic rings. The summed E-state index contributed by atoms with van der Waals surface area (Å²) in [7, 11) is 3.37. The number of ether oxygens (including phenoxy) is 2. The summed E-state index contributed by atoms with van der Waals surface area (Å²) < 4.78 is 13.5. The molecule has 6 heteroatoms. The van der Waals surface area contributed by atoms with E-state index in [1.807, 2.05) is 17.4 Å². The van der Waals surface area contributed by atoms with Crippen molar-refractivity contribution in [3.63, 3.8) is 0 Å². The molecule has 1 N–H and O–H groups in total. The van der Waals surface area contributed by atoms with Gasteiger partial charge in [-0.25, -0.2) is 0 Å². The first kappa shape index (κ1) is 19.7. The number of rotatable bonds is 5. The number of thiophene rings is 1. The van der Waals surface area contributed by atoms with Gasteiger partial charge in [-0.2, -0.15) is 0 Å². The minimum Gasteiger partial charge on any atom is -0.493 e. The highest BCUT2D eigenvalue weighted by molar-refractivity contribution is 9.10. The first-order valence-electron chi connectivity index (χ1n) is 9.55. The lowest BCUT2D eigenvalue weighted by atomic mass is 9.95. The zero-order valence-corrected chi connectivity index (χ0v) is 18.6. The molecule has 1 fully saturated rings. The molecule has 0 radical (unpaired) electrons. The third kappa shape index (κ3) is 3.79. The van der Waals surface area contributed by atoms with Gasteiger partial charge in [0, 0.05) is 28.8 Å². The second kappa shape index (κ2) is 8.82. The van der Waals surface area contributed by atoms with Gasteiger partial charge in [-0.15, -0.1) is 11.3 Å². The van der Waals surface area contributed by atoms with Crippen LogP contribution in [0.1, 0.15) is 23.6 Å². The van der Waals surface area contributed by atoms with E-state index in [1.54, 1.807) is 14.2 Å². The van der Waals surface area contributed by atoms with Gasteiger partial charge in [0.1, 0.15) is 0 Å². The van der Waals surface area contributed by atoms with E-state index in [9.17, 15) is 0 Å². The molecule has 1 unspecified atom stereocenters. The number of nitrogens with one attached hydrogen (secondary N) is 1. The molecular weight excluding hydrogens is 436 g/mol. The van der Waals surface area contributed by atoms with Crippen LogP contribution in [-0.4, -0.2) is 45.3 Å². The Morgan fingerprint density at radius 2 is 1.82 bits per heavy atom. The fraction of sp³-hybridized carbons (Fsp3) is 0.364. The predicted molar refractivity (Wildman–Crippen MR) is 120 cm³/mol. The molecule has 1 aliphatic rings. The van der Waals surface area contributed by atoms with Gasteiger partial charge >= 0.3 is 0 Å². The van der Waals surface area contributed by atoms with Crippen LogP contribution in [0.3, 0.4) is 0 Å². The fourth-order valence-corrected chi connectivity index (χ4v) is 5.49. The number of methoxy groups -OCH3 is 2. The van der Waals surface area contributed by atoms with E-state index in [4.69, 9.17) is 9.47 Å². The van der Waals surface area contributed by atoms with Gasteiger partial charge in [0.05, 0.1) is 20.3 Å². The molecule has 1 aromatic heterocycles. The summed E-state index contributed by atoms with van der Waals surface area (Å²) in [5.74, 6) is 1.50. The minimum absolute atomic E-state index is 0.158. The Balaban J connectivity index is 1.88. The average Bonchev–Trinajstić information content (AvgIpc) is 2.95. The molecule has 0 amide bonds. The van der Waals surface area contributed by atoms with Crippen molar-refractivity contribution >= 4 is 37.4 Å². The van der Waals surface area contributed by atoms with Gasteiger partial charge in [0.15, 0.2) is 11.5 Å². The standard InChI is InChI=1S/C22H25BrN2O2S/c1-26-19-12-16(18(23)13-20(19)27-2)22(25-10-5-8-24-9-11-25)17-14-28-21-7-4-3-6-15(17)21/h3-4,6-7,12-14,22,24H,5,8-11H2,1-2H3. The van der Waals surface area contributed by atoms with Crippen LogP contribution in [0.25, 0.3) is 10.1 Å². The van der Waals surface area contributed by atoms with E-state index in [1.165, 1.54) is 21.2 Å². The largest absolute Gasteiger partial charge is 0.493 e. The van der Waals surface area contributed by atoms with Crippen LogP contribution in [0.5, 0.6) is 11.5 Å². The maximum atomic E-state index is 5.62. The number of hydrogen-bond donors (Lipinski definition) is 1. The zero-order valence-electron chi connectivity index (χ0n) is 16.2. The molecule has 0 saturated carbocycles. The molecule has 1 saturated heterocycles. The van der Waals surface area contributed by atoms with Crippen molar-refractivity contribution in [2.45, 2.75) is 12.5 Å². The van der Waals surface area contributed by atoms with Crippen LogP contribution in [0.2, 0.25) is 0 Å². The predicted octanol–water partition coefficient (Wildman–Crippen LogP) is 5.07. The number of halogens is 1. The van der Waals surface area contributed by atoms with Gasteiger partial charge in [-0.1, -0.05) is 34.1 Å². The number of benzene rings is 2. The topological polar surface area (TPSA) is 33.7 Å². The Morgan fingerprint density at radius 3 is 2.64 bits per heavy atom. The Morgan fingerprint density at radius 1 is 1.04 bits per heavy atom. The van der Waals surface area contributed by atoms with Crippen molar-refractivity contribution in [3.05, 3.63) is 57.4 Å². The van der Waals surface area contributed by atoms with Crippen molar-refractivity contribution in [2.75, 3.05) is 40.4 Å². The molecule has 4 rings (SSSR count). The average molecular weight is 461 g/mol. The molecule has 4 nitrogen and oxygen atoms in total. The van der Waals surface area contributed by atoms with E-state index in [0.29, 0.717) is 0 Å². The molecule has 1 aliphatic heterocycles. The molecule has 1 atom stereocenters. The van der Waals surface area contributed by atoms with Gasteiger partial charge in [0.2, 0.25) is 0 Å². The normalized spacial score (nSPS) is 16.7. The van der Waals surface area contributed by atoms with Gasteiger partial charge in [-0.3, -0.25) is 4.90 Å². The molecule has 0 aliphatic carbocycles. The van der Waals surface area contributed by atoms with Crippen molar-refractivity contribution in [2.24, 2.45) is 0 Å². The van der Waals surface area contributed by atoms with Crippen LogP contribution in [0.4, 0.5) is 0 Å². The summed E-state index contributed by atoms with van der Waals surface area (Å²) in [6.45, 7) is 4.14. The third-order valence-electron chi connectivity index (χ3n) is 5.34. The van der Waals surface area contributed by atoms with Crippen LogP contribution in [0, 0.1) is 0 Å². The third-order valence-corrected chi connectivity index (χ3v) is 7.01. The lowest BCUT2D eigenvalue weighted by Crippen LogP contribution is -2.33. The first-order valence-corrected chi connectivity index (χ1v) is 11.2. The van der Waals surface area contributed by atoms with E-state index in [-0.39, 0.29) is 6.04 Å². The Hall–Kier alpha value is -1.60. The van der Waals surface area contributed by atoms with Crippen molar-refractivity contribution < 1.29 is 9.47 Å². The van der Waals surface area contributed by atoms with Gasteiger partial charge in [-0.05, 0) is 53.1 Å². The van der Waals surface area contributed by atoms with E-state index in [2.05, 4.69) is 61.9 Å². The molecular formula is C22H25BrN2O2S.